The zero-order valence-corrected chi connectivity index (χ0v) is 17.1. The van der Waals surface area contributed by atoms with Crippen molar-refractivity contribution in [2.75, 3.05) is 13.7 Å². The molecule has 29 heavy (non-hydrogen) atoms. The minimum absolute atomic E-state index is 0.0754. The molecule has 1 aliphatic heterocycles. The summed E-state index contributed by atoms with van der Waals surface area (Å²) in [7, 11) is 1.31. The van der Waals surface area contributed by atoms with Crippen LogP contribution in [0, 0.1) is 0 Å². The Morgan fingerprint density at radius 1 is 1.10 bits per heavy atom. The zero-order chi connectivity index (χ0) is 20.4. The van der Waals surface area contributed by atoms with Crippen molar-refractivity contribution in [2.24, 2.45) is 0 Å². The van der Waals surface area contributed by atoms with Crippen LogP contribution in [0.1, 0.15) is 79.6 Å². The number of methoxy groups -OCH3 is 1. The first kappa shape index (κ1) is 19.9. The number of esters is 1. The Labute approximate surface area is 172 Å². The first-order chi connectivity index (χ1) is 14.1. The molecule has 0 aromatic heterocycles. The fourth-order valence-electron chi connectivity index (χ4n) is 5.81. The lowest BCUT2D eigenvalue weighted by Crippen LogP contribution is -2.65. The van der Waals surface area contributed by atoms with Crippen LogP contribution in [-0.4, -0.2) is 47.9 Å². The molecule has 2 saturated carbocycles. The van der Waals surface area contributed by atoms with Crippen molar-refractivity contribution in [1.82, 2.24) is 10.2 Å². The van der Waals surface area contributed by atoms with E-state index in [4.69, 9.17) is 4.74 Å². The van der Waals surface area contributed by atoms with Gasteiger partial charge in [-0.05, 0) is 37.3 Å². The molecule has 1 aromatic carbocycles. The Bertz CT molecular complexity index is 794. The van der Waals surface area contributed by atoms with Crippen LogP contribution in [0.25, 0.3) is 0 Å². The summed E-state index contributed by atoms with van der Waals surface area (Å²) in [5, 5.41) is 2.79. The average Bonchev–Trinajstić information content (AvgIpc) is 3.27. The summed E-state index contributed by atoms with van der Waals surface area (Å²) >= 11 is 0. The van der Waals surface area contributed by atoms with Crippen molar-refractivity contribution in [3.8, 4) is 0 Å². The highest BCUT2D eigenvalue weighted by atomic mass is 16.5. The van der Waals surface area contributed by atoms with Crippen LogP contribution in [0.2, 0.25) is 0 Å². The van der Waals surface area contributed by atoms with Gasteiger partial charge in [-0.25, -0.2) is 0 Å². The molecule has 1 heterocycles. The molecule has 156 valence electrons. The van der Waals surface area contributed by atoms with E-state index in [2.05, 4.69) is 10.2 Å². The first-order valence-corrected chi connectivity index (χ1v) is 10.9. The molecule has 0 saturated heterocycles. The van der Waals surface area contributed by atoms with Gasteiger partial charge in [0, 0.05) is 11.6 Å². The number of nitrogens with zero attached hydrogens (tertiary/aromatic N) is 1. The normalized spacial score (nSPS) is 23.7. The highest BCUT2D eigenvalue weighted by Crippen LogP contribution is 2.51. The van der Waals surface area contributed by atoms with E-state index in [1.54, 1.807) is 0 Å². The summed E-state index contributed by atoms with van der Waals surface area (Å²) in [4.78, 5) is 40.9. The van der Waals surface area contributed by atoms with Crippen LogP contribution >= 0.6 is 0 Å². The van der Waals surface area contributed by atoms with E-state index in [1.165, 1.54) is 7.11 Å². The lowest BCUT2D eigenvalue weighted by atomic mass is 9.64. The van der Waals surface area contributed by atoms with Gasteiger partial charge in [-0.3, -0.25) is 14.4 Å². The molecule has 0 radical (unpaired) electrons. The molecule has 1 aromatic rings. The van der Waals surface area contributed by atoms with Gasteiger partial charge < -0.3 is 15.0 Å². The quantitative estimate of drug-likeness (QED) is 0.791. The van der Waals surface area contributed by atoms with Crippen LogP contribution in [0.3, 0.4) is 0 Å². The highest BCUT2D eigenvalue weighted by Gasteiger charge is 2.56. The van der Waals surface area contributed by atoms with Crippen LogP contribution in [0.4, 0.5) is 0 Å². The fourth-order valence-corrected chi connectivity index (χ4v) is 5.81. The van der Waals surface area contributed by atoms with E-state index in [9.17, 15) is 14.4 Å². The van der Waals surface area contributed by atoms with Crippen LogP contribution in [-0.2, 0) is 14.3 Å². The van der Waals surface area contributed by atoms with Gasteiger partial charge in [-0.2, -0.15) is 0 Å². The molecule has 2 aliphatic carbocycles. The summed E-state index contributed by atoms with van der Waals surface area (Å²) in [6.07, 6.45) is 9.10. The second-order valence-electron chi connectivity index (χ2n) is 8.59. The Kier molecular flexibility index (Phi) is 5.61. The second kappa shape index (κ2) is 8.17. The lowest BCUT2D eigenvalue weighted by Gasteiger charge is -2.56. The van der Waals surface area contributed by atoms with E-state index in [0.29, 0.717) is 5.56 Å². The Balaban J connectivity index is 1.80. The second-order valence-corrected chi connectivity index (χ2v) is 8.59. The number of benzene rings is 1. The standard InChI is InChI=1S/C23H30N2O4/c1-29-19(26)15-24-21(27)20-17-11-5-6-12-18(17)22(28)25(16-9-3-4-10-16)23(20)13-7-2-8-14-23/h5-6,11-12,16,20H,2-4,7-10,13-15H2,1H3,(H,24,27)/t20-/m1/s1. The molecule has 6 heteroatoms. The number of hydrogen-bond donors (Lipinski definition) is 1. The van der Waals surface area contributed by atoms with Crippen molar-refractivity contribution in [2.45, 2.75) is 75.3 Å². The van der Waals surface area contributed by atoms with Gasteiger partial charge in [0.1, 0.15) is 6.54 Å². The van der Waals surface area contributed by atoms with Gasteiger partial charge in [0.25, 0.3) is 5.91 Å². The van der Waals surface area contributed by atoms with Crippen molar-refractivity contribution >= 4 is 17.8 Å². The third kappa shape index (κ3) is 3.43. The molecular formula is C23H30N2O4. The maximum Gasteiger partial charge on any atom is 0.325 e. The van der Waals surface area contributed by atoms with Gasteiger partial charge in [0.05, 0.1) is 18.6 Å². The molecule has 0 unspecified atom stereocenters. The Hall–Kier alpha value is -2.37. The predicted molar refractivity (Wildman–Crippen MR) is 108 cm³/mol. The number of nitrogens with one attached hydrogen (secondary N) is 1. The van der Waals surface area contributed by atoms with E-state index in [-0.39, 0.29) is 24.4 Å². The molecule has 1 spiro atoms. The lowest BCUT2D eigenvalue weighted by molar-refractivity contribution is -0.142. The molecule has 2 amide bonds. The summed E-state index contributed by atoms with van der Waals surface area (Å²) in [5.41, 5.74) is 0.934. The summed E-state index contributed by atoms with van der Waals surface area (Å²) < 4.78 is 4.70. The minimum Gasteiger partial charge on any atom is -0.468 e. The zero-order valence-electron chi connectivity index (χ0n) is 17.1. The number of hydrogen-bond acceptors (Lipinski definition) is 4. The smallest absolute Gasteiger partial charge is 0.325 e. The molecular weight excluding hydrogens is 368 g/mol. The maximum atomic E-state index is 13.7. The third-order valence-electron chi connectivity index (χ3n) is 7.04. The fraction of sp³-hybridized carbons (Fsp3) is 0.609. The summed E-state index contributed by atoms with van der Waals surface area (Å²) in [5.74, 6) is -1.03. The molecule has 1 N–H and O–H groups in total. The summed E-state index contributed by atoms with van der Waals surface area (Å²) in [6, 6.07) is 7.72. The Morgan fingerprint density at radius 2 is 1.79 bits per heavy atom. The average molecular weight is 399 g/mol. The van der Waals surface area contributed by atoms with Crippen molar-refractivity contribution in [3.05, 3.63) is 35.4 Å². The van der Waals surface area contributed by atoms with E-state index in [1.807, 2.05) is 24.3 Å². The molecule has 6 nitrogen and oxygen atoms in total. The van der Waals surface area contributed by atoms with Crippen molar-refractivity contribution in [3.63, 3.8) is 0 Å². The monoisotopic (exact) mass is 398 g/mol. The largest absolute Gasteiger partial charge is 0.468 e. The number of amides is 2. The number of carbonyl (C=O) groups is 3. The van der Waals surface area contributed by atoms with Crippen LogP contribution in [0.5, 0.6) is 0 Å². The molecule has 0 bridgehead atoms. The summed E-state index contributed by atoms with van der Waals surface area (Å²) in [6.45, 7) is -0.151. The molecule has 4 rings (SSSR count). The van der Waals surface area contributed by atoms with Gasteiger partial charge in [0.2, 0.25) is 5.91 Å². The van der Waals surface area contributed by atoms with Crippen molar-refractivity contribution < 1.29 is 19.1 Å². The van der Waals surface area contributed by atoms with E-state index in [0.717, 1.165) is 63.4 Å². The first-order valence-electron chi connectivity index (χ1n) is 10.9. The van der Waals surface area contributed by atoms with Gasteiger partial charge >= 0.3 is 5.97 Å². The minimum atomic E-state index is -0.501. The van der Waals surface area contributed by atoms with Crippen LogP contribution < -0.4 is 5.32 Å². The number of rotatable bonds is 4. The molecule has 3 aliphatic rings. The predicted octanol–water partition coefficient (Wildman–Crippen LogP) is 3.16. The van der Waals surface area contributed by atoms with Gasteiger partial charge in [-0.15, -0.1) is 0 Å². The highest BCUT2D eigenvalue weighted by molar-refractivity contribution is 6.02. The number of carbonyl (C=O) groups excluding carboxylic acids is 3. The third-order valence-corrected chi connectivity index (χ3v) is 7.04. The Morgan fingerprint density at radius 3 is 2.48 bits per heavy atom. The number of ether oxygens (including phenoxy) is 1. The van der Waals surface area contributed by atoms with Gasteiger partial charge in [0.15, 0.2) is 0 Å². The SMILES string of the molecule is COC(=O)CNC(=O)[C@H]1c2ccccc2C(=O)N(C2CCCC2)C12CCCCC2. The van der Waals surface area contributed by atoms with Gasteiger partial charge in [-0.1, -0.05) is 50.3 Å². The molecule has 2 fully saturated rings. The number of fused-ring (bicyclic) bond motifs is 1. The topological polar surface area (TPSA) is 75.7 Å². The van der Waals surface area contributed by atoms with E-state index < -0.39 is 17.4 Å². The van der Waals surface area contributed by atoms with Crippen molar-refractivity contribution in [1.29, 1.82) is 0 Å². The maximum absolute atomic E-state index is 13.7. The van der Waals surface area contributed by atoms with Crippen LogP contribution in [0.15, 0.2) is 24.3 Å². The van der Waals surface area contributed by atoms with E-state index >= 15 is 0 Å². The molecule has 1 atom stereocenters.